The molecule has 42 heavy (non-hydrogen) atoms. The quantitative estimate of drug-likeness (QED) is 0.263. The molecule has 1 saturated heterocycles. The SMILES string of the molecule is CC(C)(C)OC(=O)N1C[C@@H](F)[C@H](N2CCCc3cc(Cl)cc(-c4ccnc5cc(CO[Si](C)(C)C(C)(C)C)sc45)c32)C1. The molecule has 6 nitrogen and oxygen atoms in total. The second-order valence-corrected chi connectivity index (χ2v) is 20.4. The lowest BCUT2D eigenvalue weighted by atomic mass is 9.92. The van der Waals surface area contributed by atoms with Crippen molar-refractivity contribution in [1.29, 1.82) is 0 Å². The number of aromatic nitrogens is 1. The van der Waals surface area contributed by atoms with Crippen LogP contribution in [-0.4, -0.2) is 61.7 Å². The van der Waals surface area contributed by atoms with Crippen molar-refractivity contribution in [3.05, 3.63) is 45.9 Å². The molecule has 1 aromatic carbocycles. The summed E-state index contributed by atoms with van der Waals surface area (Å²) in [7, 11) is -1.91. The van der Waals surface area contributed by atoms with Crippen molar-refractivity contribution in [2.75, 3.05) is 24.5 Å². The molecule has 5 rings (SSSR count). The van der Waals surface area contributed by atoms with E-state index in [1.54, 1.807) is 11.3 Å². The van der Waals surface area contributed by atoms with Gasteiger partial charge in [0.15, 0.2) is 8.32 Å². The summed E-state index contributed by atoms with van der Waals surface area (Å²) < 4.78 is 28.9. The van der Waals surface area contributed by atoms with Gasteiger partial charge in [0.2, 0.25) is 0 Å². The molecule has 0 N–H and O–H groups in total. The van der Waals surface area contributed by atoms with Gasteiger partial charge in [0.1, 0.15) is 11.8 Å². The molecule has 0 saturated carbocycles. The number of halogens is 2. The first-order chi connectivity index (χ1) is 19.5. The van der Waals surface area contributed by atoms with Gasteiger partial charge in [-0.3, -0.25) is 4.98 Å². The molecule has 0 radical (unpaired) electrons. The highest BCUT2D eigenvalue weighted by Crippen LogP contribution is 2.45. The summed E-state index contributed by atoms with van der Waals surface area (Å²) in [6.45, 7) is 18.3. The number of pyridine rings is 1. The molecule has 228 valence electrons. The maximum Gasteiger partial charge on any atom is 0.410 e. The first-order valence-corrected chi connectivity index (χ1v) is 18.9. The van der Waals surface area contributed by atoms with Crippen LogP contribution in [0.25, 0.3) is 21.3 Å². The van der Waals surface area contributed by atoms with E-state index in [0.29, 0.717) is 18.2 Å². The number of hydrogen-bond acceptors (Lipinski definition) is 6. The van der Waals surface area contributed by atoms with E-state index < -0.39 is 32.2 Å². The Balaban J connectivity index is 1.51. The fourth-order valence-electron chi connectivity index (χ4n) is 5.53. The lowest BCUT2D eigenvalue weighted by Crippen LogP contribution is -2.45. The Bertz CT molecular complexity index is 1480. The number of carbonyl (C=O) groups is 1. The molecule has 0 unspecified atom stereocenters. The number of rotatable bonds is 5. The number of likely N-dealkylation sites (tertiary alicyclic amines) is 1. The van der Waals surface area contributed by atoms with Gasteiger partial charge in [-0.25, -0.2) is 9.18 Å². The number of amides is 1. The highest BCUT2D eigenvalue weighted by atomic mass is 35.5. The molecule has 2 atom stereocenters. The lowest BCUT2D eigenvalue weighted by molar-refractivity contribution is 0.0283. The second kappa shape index (κ2) is 11.4. The molecule has 10 heteroatoms. The highest BCUT2D eigenvalue weighted by Gasteiger charge is 2.42. The third-order valence-electron chi connectivity index (χ3n) is 8.69. The van der Waals surface area contributed by atoms with Crippen molar-refractivity contribution in [2.24, 2.45) is 0 Å². The Labute approximate surface area is 259 Å². The number of hydrogen-bond donors (Lipinski definition) is 0. The van der Waals surface area contributed by atoms with Crippen molar-refractivity contribution < 1.29 is 18.3 Å². The number of carbonyl (C=O) groups excluding carboxylic acids is 1. The van der Waals surface area contributed by atoms with E-state index in [0.717, 1.165) is 50.3 Å². The van der Waals surface area contributed by atoms with E-state index in [9.17, 15) is 4.79 Å². The standard InChI is InChI=1S/C32H43ClFN3O3SSi/c1-31(2,3)40-30(38)36-17-25(34)27(18-36)37-13-9-10-20-14-21(33)15-24(28(20)37)23-11-12-35-26-16-22(41-29(23)26)19-39-42(7,8)32(4,5)6/h11-12,14-16,25,27H,9-10,13,17-19H2,1-8H3/t25-,27-/m1/s1. The van der Waals surface area contributed by atoms with E-state index >= 15 is 4.39 Å². The van der Waals surface area contributed by atoms with Crippen molar-refractivity contribution in [3.8, 4) is 11.1 Å². The number of anilines is 1. The van der Waals surface area contributed by atoms with Crippen molar-refractivity contribution in [2.45, 2.75) is 96.9 Å². The van der Waals surface area contributed by atoms with Crippen LogP contribution in [0.2, 0.25) is 23.2 Å². The largest absolute Gasteiger partial charge is 0.444 e. The minimum Gasteiger partial charge on any atom is -0.444 e. The minimum atomic E-state index is -1.91. The molecule has 4 heterocycles. The summed E-state index contributed by atoms with van der Waals surface area (Å²) in [5, 5.41) is 0.788. The normalized spacial score (nSPS) is 19.9. The van der Waals surface area contributed by atoms with Crippen LogP contribution in [0.1, 0.15) is 58.4 Å². The van der Waals surface area contributed by atoms with Crippen LogP contribution in [0.15, 0.2) is 30.5 Å². The third-order valence-corrected chi connectivity index (χ3v) is 14.5. The molecule has 2 aromatic heterocycles. The third kappa shape index (κ3) is 6.35. The van der Waals surface area contributed by atoms with Gasteiger partial charge in [-0.15, -0.1) is 11.3 Å². The van der Waals surface area contributed by atoms with Crippen LogP contribution in [-0.2, 0) is 22.2 Å². The highest BCUT2D eigenvalue weighted by molar-refractivity contribution is 7.19. The van der Waals surface area contributed by atoms with Gasteiger partial charge in [-0.05, 0) is 81.6 Å². The average Bonchev–Trinajstić information content (AvgIpc) is 3.48. The first-order valence-electron chi connectivity index (χ1n) is 14.8. The van der Waals surface area contributed by atoms with E-state index in [2.05, 4.69) is 49.8 Å². The molecule has 0 aliphatic carbocycles. The Morgan fingerprint density at radius 3 is 2.57 bits per heavy atom. The summed E-state index contributed by atoms with van der Waals surface area (Å²) in [6.07, 6.45) is 1.93. The monoisotopic (exact) mass is 631 g/mol. The van der Waals surface area contributed by atoms with Crippen LogP contribution in [0.3, 0.4) is 0 Å². The van der Waals surface area contributed by atoms with Gasteiger partial charge >= 0.3 is 6.09 Å². The predicted octanol–water partition coefficient (Wildman–Crippen LogP) is 8.85. The molecular formula is C32H43ClFN3O3SSi. The summed E-state index contributed by atoms with van der Waals surface area (Å²) in [5.41, 5.74) is 4.41. The minimum absolute atomic E-state index is 0.0242. The van der Waals surface area contributed by atoms with Gasteiger partial charge in [0.25, 0.3) is 0 Å². The van der Waals surface area contributed by atoms with Crippen LogP contribution in [0.5, 0.6) is 0 Å². The number of aryl methyl sites for hydroxylation is 1. The zero-order valence-electron chi connectivity index (χ0n) is 26.0. The zero-order chi connectivity index (χ0) is 30.6. The maximum absolute atomic E-state index is 15.7. The van der Waals surface area contributed by atoms with E-state index in [-0.39, 0.29) is 18.1 Å². The van der Waals surface area contributed by atoms with Crippen molar-refractivity contribution in [3.63, 3.8) is 0 Å². The number of fused-ring (bicyclic) bond motifs is 2. The molecule has 3 aromatic rings. The first kappa shape index (κ1) is 31.2. The maximum atomic E-state index is 15.7. The summed E-state index contributed by atoms with van der Waals surface area (Å²) in [4.78, 5) is 22.3. The molecule has 2 aliphatic rings. The van der Waals surface area contributed by atoms with Crippen LogP contribution < -0.4 is 4.90 Å². The lowest BCUT2D eigenvalue weighted by Gasteiger charge is -2.38. The molecule has 1 amide bonds. The number of thiophene rings is 1. The predicted molar refractivity (Wildman–Crippen MR) is 174 cm³/mol. The second-order valence-electron chi connectivity index (χ2n) is 14.1. The van der Waals surface area contributed by atoms with Crippen LogP contribution in [0, 0.1) is 0 Å². The fraction of sp³-hybridized carbons (Fsp3) is 0.562. The number of ether oxygens (including phenoxy) is 1. The number of nitrogens with zero attached hydrogens (tertiary/aromatic N) is 3. The molecule has 0 spiro atoms. The van der Waals surface area contributed by atoms with Gasteiger partial charge in [0.05, 0.1) is 29.4 Å². The molecule has 0 bridgehead atoms. The Kier molecular flexibility index (Phi) is 8.46. The van der Waals surface area contributed by atoms with Crippen LogP contribution in [0.4, 0.5) is 14.9 Å². The van der Waals surface area contributed by atoms with Gasteiger partial charge < -0.3 is 19.0 Å². The Morgan fingerprint density at radius 1 is 1.14 bits per heavy atom. The van der Waals surface area contributed by atoms with Gasteiger partial charge in [-0.1, -0.05) is 32.4 Å². The zero-order valence-corrected chi connectivity index (χ0v) is 28.6. The van der Waals surface area contributed by atoms with E-state index in [4.69, 9.17) is 20.8 Å². The van der Waals surface area contributed by atoms with Gasteiger partial charge in [-0.2, -0.15) is 0 Å². The van der Waals surface area contributed by atoms with Gasteiger partial charge in [0, 0.05) is 46.0 Å². The van der Waals surface area contributed by atoms with Crippen molar-refractivity contribution in [1.82, 2.24) is 9.88 Å². The number of benzene rings is 1. The van der Waals surface area contributed by atoms with Crippen molar-refractivity contribution >= 4 is 53.3 Å². The smallest absolute Gasteiger partial charge is 0.410 e. The van der Waals surface area contributed by atoms with Crippen LogP contribution >= 0.6 is 22.9 Å². The average molecular weight is 632 g/mol. The molecule has 1 fully saturated rings. The topological polar surface area (TPSA) is 54.9 Å². The summed E-state index contributed by atoms with van der Waals surface area (Å²) in [6, 6.07) is 7.69. The summed E-state index contributed by atoms with van der Waals surface area (Å²) >= 11 is 8.40. The Morgan fingerprint density at radius 2 is 1.88 bits per heavy atom. The summed E-state index contributed by atoms with van der Waals surface area (Å²) in [5.74, 6) is 0. The molecular weight excluding hydrogens is 589 g/mol. The number of alkyl halides is 1. The van der Waals surface area contributed by atoms with E-state index in [1.807, 2.05) is 45.2 Å². The molecule has 2 aliphatic heterocycles. The Hall–Kier alpha value is -2.20. The fourth-order valence-corrected chi connectivity index (χ4v) is 7.88. The van der Waals surface area contributed by atoms with E-state index in [1.165, 1.54) is 4.90 Å².